The van der Waals surface area contributed by atoms with Crippen molar-refractivity contribution in [2.45, 2.75) is 19.9 Å². The monoisotopic (exact) mass is 293 g/mol. The average Bonchev–Trinajstić information content (AvgIpc) is 2.73. The average molecular weight is 294 g/mol. The number of benzene rings is 1. The SMILES string of the molecule is CCc1cc(Br)ccc1NCc1nccn1C. The van der Waals surface area contributed by atoms with Gasteiger partial charge in [0.05, 0.1) is 6.54 Å². The first-order chi connectivity index (χ1) is 8.20. The molecule has 0 bridgehead atoms. The molecule has 1 aromatic heterocycles. The maximum Gasteiger partial charge on any atom is 0.127 e. The van der Waals surface area contributed by atoms with E-state index >= 15 is 0 Å². The van der Waals surface area contributed by atoms with Crippen LogP contribution in [0.3, 0.4) is 0 Å². The second-order valence-corrected chi connectivity index (χ2v) is 4.88. The molecule has 0 saturated carbocycles. The number of anilines is 1. The van der Waals surface area contributed by atoms with E-state index < -0.39 is 0 Å². The number of aryl methyl sites for hydroxylation is 2. The molecule has 0 aliphatic rings. The smallest absolute Gasteiger partial charge is 0.127 e. The Hall–Kier alpha value is -1.29. The summed E-state index contributed by atoms with van der Waals surface area (Å²) >= 11 is 3.49. The lowest BCUT2D eigenvalue weighted by atomic mass is 10.1. The first-order valence-electron chi connectivity index (χ1n) is 5.69. The van der Waals surface area contributed by atoms with Gasteiger partial charge in [0.15, 0.2) is 0 Å². The van der Waals surface area contributed by atoms with Gasteiger partial charge in [-0.1, -0.05) is 22.9 Å². The molecular formula is C13H16BrN3. The van der Waals surface area contributed by atoms with Crippen LogP contribution in [0.5, 0.6) is 0 Å². The van der Waals surface area contributed by atoms with E-state index in [0.717, 1.165) is 23.3 Å². The highest BCUT2D eigenvalue weighted by molar-refractivity contribution is 9.10. The van der Waals surface area contributed by atoms with Crippen LogP contribution in [0.2, 0.25) is 0 Å². The van der Waals surface area contributed by atoms with Crippen LogP contribution >= 0.6 is 15.9 Å². The van der Waals surface area contributed by atoms with Gasteiger partial charge in [0.25, 0.3) is 0 Å². The Balaban J connectivity index is 2.11. The Kier molecular flexibility index (Phi) is 3.84. The van der Waals surface area contributed by atoms with E-state index in [0.29, 0.717) is 0 Å². The minimum atomic E-state index is 0.748. The lowest BCUT2D eigenvalue weighted by Gasteiger charge is -2.11. The molecule has 0 spiro atoms. The summed E-state index contributed by atoms with van der Waals surface area (Å²) in [6.45, 7) is 2.91. The summed E-state index contributed by atoms with van der Waals surface area (Å²) in [7, 11) is 2.01. The van der Waals surface area contributed by atoms with Gasteiger partial charge < -0.3 is 9.88 Å². The van der Waals surface area contributed by atoms with Crippen LogP contribution < -0.4 is 5.32 Å². The number of nitrogens with zero attached hydrogens (tertiary/aromatic N) is 2. The molecule has 0 saturated heterocycles. The van der Waals surface area contributed by atoms with E-state index in [1.54, 1.807) is 0 Å². The molecule has 1 aromatic carbocycles. The minimum Gasteiger partial charge on any atom is -0.378 e. The van der Waals surface area contributed by atoms with Crippen molar-refractivity contribution in [3.63, 3.8) is 0 Å². The van der Waals surface area contributed by atoms with E-state index in [1.165, 1.54) is 11.3 Å². The van der Waals surface area contributed by atoms with Gasteiger partial charge in [-0.05, 0) is 30.2 Å². The standard InChI is InChI=1S/C13H16BrN3/c1-3-10-8-11(14)4-5-12(10)16-9-13-15-6-7-17(13)2/h4-8,16H,3,9H2,1-2H3. The molecule has 0 amide bonds. The van der Waals surface area contributed by atoms with Gasteiger partial charge in [0.1, 0.15) is 5.82 Å². The van der Waals surface area contributed by atoms with E-state index in [2.05, 4.69) is 51.4 Å². The second kappa shape index (κ2) is 5.36. The zero-order chi connectivity index (χ0) is 12.3. The highest BCUT2D eigenvalue weighted by Gasteiger charge is 2.03. The zero-order valence-corrected chi connectivity index (χ0v) is 11.7. The Morgan fingerprint density at radius 1 is 1.41 bits per heavy atom. The van der Waals surface area contributed by atoms with Gasteiger partial charge in [0.2, 0.25) is 0 Å². The Morgan fingerprint density at radius 3 is 2.88 bits per heavy atom. The van der Waals surface area contributed by atoms with Crippen LogP contribution in [0.25, 0.3) is 0 Å². The topological polar surface area (TPSA) is 29.9 Å². The summed E-state index contributed by atoms with van der Waals surface area (Å²) in [5.41, 5.74) is 2.49. The van der Waals surface area contributed by atoms with Gasteiger partial charge in [-0.15, -0.1) is 0 Å². The van der Waals surface area contributed by atoms with Gasteiger partial charge in [-0.3, -0.25) is 0 Å². The van der Waals surface area contributed by atoms with Crippen LogP contribution in [-0.2, 0) is 20.0 Å². The van der Waals surface area contributed by atoms with Crippen LogP contribution in [0.1, 0.15) is 18.3 Å². The fourth-order valence-corrected chi connectivity index (χ4v) is 2.18. The molecule has 0 aliphatic carbocycles. The van der Waals surface area contributed by atoms with Crippen LogP contribution in [0.15, 0.2) is 35.1 Å². The first-order valence-corrected chi connectivity index (χ1v) is 6.48. The fraction of sp³-hybridized carbons (Fsp3) is 0.308. The van der Waals surface area contributed by atoms with Crippen LogP contribution in [0.4, 0.5) is 5.69 Å². The lowest BCUT2D eigenvalue weighted by molar-refractivity contribution is 0.812. The number of nitrogens with one attached hydrogen (secondary N) is 1. The second-order valence-electron chi connectivity index (χ2n) is 3.96. The third-order valence-electron chi connectivity index (χ3n) is 2.81. The van der Waals surface area contributed by atoms with Gasteiger partial charge >= 0.3 is 0 Å². The lowest BCUT2D eigenvalue weighted by Crippen LogP contribution is -2.07. The summed E-state index contributed by atoms with van der Waals surface area (Å²) < 4.78 is 3.15. The number of hydrogen-bond acceptors (Lipinski definition) is 2. The molecule has 3 nitrogen and oxygen atoms in total. The molecule has 17 heavy (non-hydrogen) atoms. The molecule has 2 aromatic rings. The summed E-state index contributed by atoms with van der Waals surface area (Å²) in [6, 6.07) is 6.31. The van der Waals surface area contributed by atoms with Gasteiger partial charge in [0, 0.05) is 29.6 Å². The Bertz CT molecular complexity index is 505. The van der Waals surface area contributed by atoms with Crippen molar-refractivity contribution in [1.29, 1.82) is 0 Å². The Labute approximate surface area is 110 Å². The molecule has 0 radical (unpaired) electrons. The summed E-state index contributed by atoms with van der Waals surface area (Å²) in [4.78, 5) is 4.30. The minimum absolute atomic E-state index is 0.748. The molecule has 4 heteroatoms. The van der Waals surface area contributed by atoms with Crippen LogP contribution in [0, 0.1) is 0 Å². The molecule has 0 aliphatic heterocycles. The van der Waals surface area contributed by atoms with Crippen LogP contribution in [-0.4, -0.2) is 9.55 Å². The maximum atomic E-state index is 4.30. The van der Waals surface area contributed by atoms with Gasteiger partial charge in [-0.2, -0.15) is 0 Å². The summed E-state index contributed by atoms with van der Waals surface area (Å²) in [5.74, 6) is 1.04. The fourth-order valence-electron chi connectivity index (χ4n) is 1.77. The molecule has 1 N–H and O–H groups in total. The van der Waals surface area contributed by atoms with Crippen molar-refractivity contribution in [3.8, 4) is 0 Å². The molecule has 1 heterocycles. The maximum absolute atomic E-state index is 4.30. The van der Waals surface area contributed by atoms with Crippen molar-refractivity contribution >= 4 is 21.6 Å². The molecule has 0 unspecified atom stereocenters. The third kappa shape index (κ3) is 2.88. The van der Waals surface area contributed by atoms with E-state index in [-0.39, 0.29) is 0 Å². The largest absolute Gasteiger partial charge is 0.378 e. The highest BCUT2D eigenvalue weighted by Crippen LogP contribution is 2.21. The number of aromatic nitrogens is 2. The van der Waals surface area contributed by atoms with E-state index in [9.17, 15) is 0 Å². The molecule has 2 rings (SSSR count). The molecule has 90 valence electrons. The van der Waals surface area contributed by atoms with Crippen molar-refractivity contribution < 1.29 is 0 Å². The predicted molar refractivity (Wildman–Crippen MR) is 74.1 cm³/mol. The molecular weight excluding hydrogens is 278 g/mol. The van der Waals surface area contributed by atoms with Crippen molar-refractivity contribution in [3.05, 3.63) is 46.5 Å². The highest BCUT2D eigenvalue weighted by atomic mass is 79.9. The third-order valence-corrected chi connectivity index (χ3v) is 3.30. The van der Waals surface area contributed by atoms with E-state index in [1.807, 2.05) is 24.0 Å². The number of halogens is 1. The quantitative estimate of drug-likeness (QED) is 0.937. The Morgan fingerprint density at radius 2 is 2.24 bits per heavy atom. The summed E-state index contributed by atoms with van der Waals surface area (Å²) in [5, 5.41) is 3.43. The zero-order valence-electron chi connectivity index (χ0n) is 10.1. The summed E-state index contributed by atoms with van der Waals surface area (Å²) in [6.07, 6.45) is 4.79. The van der Waals surface area contributed by atoms with Gasteiger partial charge in [-0.25, -0.2) is 4.98 Å². The molecule has 0 atom stereocenters. The number of rotatable bonds is 4. The number of hydrogen-bond donors (Lipinski definition) is 1. The first kappa shape index (κ1) is 12.2. The molecule has 0 fully saturated rings. The van der Waals surface area contributed by atoms with Crippen molar-refractivity contribution in [1.82, 2.24) is 9.55 Å². The number of imidazole rings is 1. The van der Waals surface area contributed by atoms with E-state index in [4.69, 9.17) is 0 Å². The van der Waals surface area contributed by atoms with Crippen molar-refractivity contribution in [2.24, 2.45) is 7.05 Å². The predicted octanol–water partition coefficient (Wildman–Crippen LogP) is 3.36. The van der Waals surface area contributed by atoms with Crippen molar-refractivity contribution in [2.75, 3.05) is 5.32 Å². The normalized spacial score (nSPS) is 10.5.